The van der Waals surface area contributed by atoms with E-state index in [2.05, 4.69) is 133 Å². The molecule has 4 aromatic carbocycles. The second-order valence-electron chi connectivity index (χ2n) is 9.13. The molecule has 0 bridgehead atoms. The van der Waals surface area contributed by atoms with Gasteiger partial charge in [-0.2, -0.15) is 0 Å². The Kier molecular flexibility index (Phi) is 13.4. The van der Waals surface area contributed by atoms with Crippen LogP contribution in [0, 0.1) is 26.7 Å². The normalized spacial score (nSPS) is 9.69. The highest BCUT2D eigenvalue weighted by Crippen LogP contribution is 2.33. The van der Waals surface area contributed by atoms with Crippen LogP contribution in [-0.2, 0) is 0 Å². The molecule has 4 aromatic rings. The van der Waals surface area contributed by atoms with Gasteiger partial charge in [-0.15, -0.1) is 0 Å². The van der Waals surface area contributed by atoms with Crippen LogP contribution in [0.25, 0.3) is 33.4 Å². The van der Waals surface area contributed by atoms with E-state index in [1.165, 1.54) is 50.1 Å². The predicted octanol–water partition coefficient (Wildman–Crippen LogP) is 11.3. The lowest BCUT2D eigenvalue weighted by molar-refractivity contribution is 0.737. The van der Waals surface area contributed by atoms with Gasteiger partial charge in [-0.1, -0.05) is 138 Å². The first kappa shape index (κ1) is 29.9. The number of hydrogen-bond acceptors (Lipinski definition) is 0. The first-order chi connectivity index (χ1) is 16.8. The Labute approximate surface area is 216 Å². The lowest BCUT2D eigenvalue weighted by Crippen LogP contribution is -1.87. The molecule has 0 nitrogen and oxygen atoms in total. The van der Waals surface area contributed by atoms with Gasteiger partial charge >= 0.3 is 0 Å². The molecule has 186 valence electrons. The molecule has 4 rings (SSSR count). The molecular weight excluding hydrogens is 420 g/mol. The van der Waals surface area contributed by atoms with Crippen LogP contribution in [0.15, 0.2) is 91.0 Å². The summed E-state index contributed by atoms with van der Waals surface area (Å²) in [5, 5.41) is 0. The Balaban J connectivity index is 0.000000684. The highest BCUT2D eigenvalue weighted by molar-refractivity contribution is 5.81. The van der Waals surface area contributed by atoms with Crippen molar-refractivity contribution in [2.45, 2.75) is 69.2 Å². The summed E-state index contributed by atoms with van der Waals surface area (Å²) in [7, 11) is 0. The first-order valence-corrected chi connectivity index (χ1v) is 13.2. The molecule has 0 fully saturated rings. The van der Waals surface area contributed by atoms with Crippen LogP contribution in [0.1, 0.15) is 65.2 Å². The minimum absolute atomic E-state index is 0.833. The van der Waals surface area contributed by atoms with Crippen LogP contribution in [0.5, 0.6) is 0 Å². The van der Waals surface area contributed by atoms with Crippen molar-refractivity contribution in [2.75, 3.05) is 0 Å². The minimum Gasteiger partial charge on any atom is -0.0683 e. The fourth-order valence-corrected chi connectivity index (χ4v) is 3.37. The van der Waals surface area contributed by atoms with Crippen LogP contribution in [-0.4, -0.2) is 0 Å². The highest BCUT2D eigenvalue weighted by atomic mass is 14.1. The van der Waals surface area contributed by atoms with Crippen molar-refractivity contribution in [3.63, 3.8) is 0 Å². The van der Waals surface area contributed by atoms with Gasteiger partial charge in [0.05, 0.1) is 0 Å². The average molecular weight is 467 g/mol. The van der Waals surface area contributed by atoms with E-state index >= 15 is 0 Å². The molecule has 0 unspecified atom stereocenters. The van der Waals surface area contributed by atoms with E-state index in [0.717, 1.165) is 5.92 Å². The van der Waals surface area contributed by atoms with Gasteiger partial charge in [0.2, 0.25) is 0 Å². The molecule has 0 spiro atoms. The molecule has 0 radical (unpaired) electrons. The van der Waals surface area contributed by atoms with Gasteiger partial charge in [0, 0.05) is 0 Å². The van der Waals surface area contributed by atoms with Gasteiger partial charge in [0.25, 0.3) is 0 Å². The van der Waals surface area contributed by atoms with E-state index in [-0.39, 0.29) is 0 Å². The van der Waals surface area contributed by atoms with E-state index in [1.807, 2.05) is 27.7 Å². The molecule has 0 saturated heterocycles. The Morgan fingerprint density at radius 3 is 0.686 bits per heavy atom. The monoisotopic (exact) mass is 466 g/mol. The lowest BCUT2D eigenvalue weighted by Gasteiger charge is -2.12. The van der Waals surface area contributed by atoms with Gasteiger partial charge in [-0.05, 0) is 78.3 Å². The van der Waals surface area contributed by atoms with Crippen LogP contribution >= 0.6 is 0 Å². The topological polar surface area (TPSA) is 0 Å². The molecule has 0 heterocycles. The third-order valence-electron chi connectivity index (χ3n) is 5.09. The van der Waals surface area contributed by atoms with Crippen LogP contribution < -0.4 is 0 Å². The smallest absolute Gasteiger partial charge is 0.0172 e. The fourth-order valence-electron chi connectivity index (χ4n) is 3.37. The van der Waals surface area contributed by atoms with Crippen LogP contribution in [0.3, 0.4) is 0 Å². The van der Waals surface area contributed by atoms with Crippen molar-refractivity contribution in [2.24, 2.45) is 5.92 Å². The van der Waals surface area contributed by atoms with Gasteiger partial charge in [0.15, 0.2) is 0 Å². The van der Waals surface area contributed by atoms with E-state index in [0.29, 0.717) is 0 Å². The molecule has 0 saturated carbocycles. The molecule has 35 heavy (non-hydrogen) atoms. The third kappa shape index (κ3) is 9.95. The molecule has 0 N–H and O–H groups in total. The van der Waals surface area contributed by atoms with Crippen LogP contribution in [0.2, 0.25) is 0 Å². The Bertz CT molecular complexity index is 940. The SMILES string of the molecule is CC.CC.CC(C)C.Cc1ccc(-c2cc(-c3ccc(C)cc3)cc(-c3ccc(C)cc3)c2)cc1. The molecule has 0 atom stereocenters. The van der Waals surface area contributed by atoms with Crippen molar-refractivity contribution >= 4 is 0 Å². The molecule has 0 heteroatoms. The summed E-state index contributed by atoms with van der Waals surface area (Å²) in [5.41, 5.74) is 11.4. The molecule has 0 amide bonds. The third-order valence-corrected chi connectivity index (χ3v) is 5.09. The number of rotatable bonds is 3. The van der Waals surface area contributed by atoms with Crippen molar-refractivity contribution in [1.82, 2.24) is 0 Å². The van der Waals surface area contributed by atoms with Crippen molar-refractivity contribution in [3.8, 4) is 33.4 Å². The van der Waals surface area contributed by atoms with Gasteiger partial charge in [-0.3, -0.25) is 0 Å². The summed E-state index contributed by atoms with van der Waals surface area (Å²) in [6.45, 7) is 20.9. The number of hydrogen-bond donors (Lipinski definition) is 0. The van der Waals surface area contributed by atoms with Gasteiger partial charge in [-0.25, -0.2) is 0 Å². The summed E-state index contributed by atoms with van der Waals surface area (Å²) < 4.78 is 0. The van der Waals surface area contributed by atoms with Crippen molar-refractivity contribution < 1.29 is 0 Å². The first-order valence-electron chi connectivity index (χ1n) is 13.2. The molecular formula is C35H46. The summed E-state index contributed by atoms with van der Waals surface area (Å²) in [6.07, 6.45) is 0. The van der Waals surface area contributed by atoms with E-state index < -0.39 is 0 Å². The maximum atomic E-state index is 2.30. The van der Waals surface area contributed by atoms with E-state index in [9.17, 15) is 0 Å². The summed E-state index contributed by atoms with van der Waals surface area (Å²) in [6, 6.07) is 33.2. The number of benzene rings is 4. The molecule has 0 aliphatic rings. The molecule has 0 aromatic heterocycles. The predicted molar refractivity (Wildman–Crippen MR) is 160 cm³/mol. The van der Waals surface area contributed by atoms with Gasteiger partial charge < -0.3 is 0 Å². The minimum atomic E-state index is 0.833. The quantitative estimate of drug-likeness (QED) is 0.281. The zero-order chi connectivity index (χ0) is 26.4. The zero-order valence-corrected chi connectivity index (χ0v) is 23.7. The Hall–Kier alpha value is -3.12. The standard InChI is InChI=1S/C27H24.C4H10.2C2H6/c1-19-4-10-22(11-5-19)25-16-26(23-12-6-20(2)7-13-23)18-27(17-25)24-14-8-21(3)9-15-24;1-4(2)3;2*1-2/h4-18H,1-3H3;4H,1-3H3;2*1-2H3. The second kappa shape index (κ2) is 15.7. The Morgan fingerprint density at radius 1 is 0.343 bits per heavy atom. The molecule has 0 aliphatic carbocycles. The summed E-state index contributed by atoms with van der Waals surface area (Å²) >= 11 is 0. The maximum absolute atomic E-state index is 2.30. The largest absolute Gasteiger partial charge is 0.0683 e. The van der Waals surface area contributed by atoms with Crippen molar-refractivity contribution in [1.29, 1.82) is 0 Å². The average Bonchev–Trinajstić information content (AvgIpc) is 2.87. The van der Waals surface area contributed by atoms with Crippen molar-refractivity contribution in [3.05, 3.63) is 108 Å². The van der Waals surface area contributed by atoms with E-state index in [4.69, 9.17) is 0 Å². The van der Waals surface area contributed by atoms with Crippen LogP contribution in [0.4, 0.5) is 0 Å². The molecule has 0 aliphatic heterocycles. The fraction of sp³-hybridized carbons (Fsp3) is 0.314. The Morgan fingerprint density at radius 2 is 0.514 bits per heavy atom. The number of aryl methyl sites for hydroxylation is 3. The van der Waals surface area contributed by atoms with E-state index in [1.54, 1.807) is 0 Å². The summed E-state index contributed by atoms with van der Waals surface area (Å²) in [5.74, 6) is 0.833. The maximum Gasteiger partial charge on any atom is -0.0172 e. The van der Waals surface area contributed by atoms with Gasteiger partial charge in [0.1, 0.15) is 0 Å². The highest BCUT2D eigenvalue weighted by Gasteiger charge is 2.07. The zero-order valence-electron chi connectivity index (χ0n) is 23.7. The lowest BCUT2D eigenvalue weighted by atomic mass is 9.92. The summed E-state index contributed by atoms with van der Waals surface area (Å²) in [4.78, 5) is 0. The second-order valence-corrected chi connectivity index (χ2v) is 9.13.